The molecule has 0 unspecified atom stereocenters. The molecule has 3 aliphatic rings. The fraction of sp³-hybridized carbons (Fsp3) is 0.739. The van der Waals surface area contributed by atoms with Gasteiger partial charge >= 0.3 is 0 Å². The summed E-state index contributed by atoms with van der Waals surface area (Å²) < 4.78 is 19.4. The van der Waals surface area contributed by atoms with Gasteiger partial charge in [-0.3, -0.25) is 4.90 Å². The first kappa shape index (κ1) is 20.1. The van der Waals surface area contributed by atoms with Crippen LogP contribution in [0.4, 0.5) is 10.1 Å². The van der Waals surface area contributed by atoms with Gasteiger partial charge in [-0.25, -0.2) is 4.39 Å². The maximum Gasteiger partial charge on any atom is 0.123 e. The minimum Gasteiger partial charge on any atom is -0.389 e. The lowest BCUT2D eigenvalue weighted by Gasteiger charge is -2.43. The van der Waals surface area contributed by atoms with Crippen molar-refractivity contribution in [2.24, 2.45) is 16.7 Å². The molecule has 3 fully saturated rings. The molecular weight excluding hydrogens is 355 g/mol. The number of nitrogens with zero attached hydrogens (tertiary/aromatic N) is 2. The zero-order chi connectivity index (χ0) is 19.9. The molecule has 0 aromatic heterocycles. The van der Waals surface area contributed by atoms with Crippen LogP contribution in [0.2, 0.25) is 0 Å². The summed E-state index contributed by atoms with van der Waals surface area (Å²) in [5.41, 5.74) is 1.57. The number of halogens is 1. The zero-order valence-electron chi connectivity index (χ0n) is 17.5. The Hall–Kier alpha value is -1.17. The Bertz CT molecular complexity index is 667. The largest absolute Gasteiger partial charge is 0.389 e. The minimum atomic E-state index is -0.448. The second kappa shape index (κ2) is 7.58. The van der Waals surface area contributed by atoms with Crippen LogP contribution in [0.1, 0.15) is 40.0 Å². The zero-order valence-corrected chi connectivity index (χ0v) is 17.5. The van der Waals surface area contributed by atoms with E-state index in [2.05, 4.69) is 30.6 Å². The molecule has 4 atom stereocenters. The highest BCUT2D eigenvalue weighted by atomic mass is 19.1. The van der Waals surface area contributed by atoms with E-state index < -0.39 is 6.10 Å². The second-order valence-electron chi connectivity index (χ2n) is 10.0. The molecule has 2 saturated carbocycles. The van der Waals surface area contributed by atoms with Gasteiger partial charge in [-0.1, -0.05) is 20.8 Å². The summed E-state index contributed by atoms with van der Waals surface area (Å²) in [5, 5.41) is 10.6. The van der Waals surface area contributed by atoms with Gasteiger partial charge in [0.1, 0.15) is 5.82 Å². The average Bonchev–Trinajstić information content (AvgIpc) is 3.14. The number of β-amino-alcohol motifs (C(OH)–C–C–N with tert-alkyl or cyclic N) is 1. The minimum absolute atomic E-state index is 0.196. The van der Waals surface area contributed by atoms with E-state index in [9.17, 15) is 9.50 Å². The molecule has 1 heterocycles. The number of piperazine rings is 1. The summed E-state index contributed by atoms with van der Waals surface area (Å²) >= 11 is 0. The van der Waals surface area contributed by atoms with Gasteiger partial charge in [0.15, 0.2) is 0 Å². The molecule has 4 rings (SSSR count). The molecule has 0 amide bonds. The Labute approximate surface area is 168 Å². The first-order valence-electron chi connectivity index (χ1n) is 10.8. The topological polar surface area (TPSA) is 35.9 Å². The maximum atomic E-state index is 13.1. The lowest BCUT2D eigenvalue weighted by atomic mass is 9.70. The van der Waals surface area contributed by atoms with Gasteiger partial charge in [0.05, 0.1) is 18.8 Å². The molecule has 1 aromatic rings. The predicted octanol–water partition coefficient (Wildman–Crippen LogP) is 3.54. The van der Waals surface area contributed by atoms with Crippen molar-refractivity contribution >= 4 is 5.69 Å². The van der Waals surface area contributed by atoms with E-state index in [-0.39, 0.29) is 22.8 Å². The Balaban J connectivity index is 1.23. The fourth-order valence-corrected chi connectivity index (χ4v) is 6.07. The third-order valence-corrected chi connectivity index (χ3v) is 7.63. The van der Waals surface area contributed by atoms with Crippen LogP contribution in [-0.2, 0) is 4.74 Å². The van der Waals surface area contributed by atoms with Crippen molar-refractivity contribution in [3.8, 4) is 0 Å². The van der Waals surface area contributed by atoms with Crippen LogP contribution < -0.4 is 4.90 Å². The quantitative estimate of drug-likeness (QED) is 0.806. The molecule has 0 radical (unpaired) electrons. The smallest absolute Gasteiger partial charge is 0.123 e. The van der Waals surface area contributed by atoms with Crippen molar-refractivity contribution in [3.63, 3.8) is 0 Å². The number of ether oxygens (including phenoxy) is 1. The van der Waals surface area contributed by atoms with Gasteiger partial charge in [0, 0.05) is 38.4 Å². The van der Waals surface area contributed by atoms with Gasteiger partial charge < -0.3 is 14.7 Å². The first-order valence-corrected chi connectivity index (χ1v) is 10.8. The van der Waals surface area contributed by atoms with E-state index in [4.69, 9.17) is 4.74 Å². The van der Waals surface area contributed by atoms with Gasteiger partial charge in [-0.2, -0.15) is 0 Å². The van der Waals surface area contributed by atoms with Crippen molar-refractivity contribution in [1.29, 1.82) is 0 Å². The number of anilines is 1. The number of benzene rings is 1. The normalized spacial score (nSPS) is 33.4. The number of fused-ring (bicyclic) bond motifs is 2. The Morgan fingerprint density at radius 1 is 1.14 bits per heavy atom. The van der Waals surface area contributed by atoms with Crippen LogP contribution >= 0.6 is 0 Å². The number of hydrogen-bond donors (Lipinski definition) is 1. The number of aliphatic hydroxyl groups is 1. The van der Waals surface area contributed by atoms with Crippen LogP contribution in [-0.4, -0.2) is 61.5 Å². The van der Waals surface area contributed by atoms with Crippen LogP contribution in [0.15, 0.2) is 24.3 Å². The summed E-state index contributed by atoms with van der Waals surface area (Å²) in [7, 11) is 0. The van der Waals surface area contributed by atoms with Crippen molar-refractivity contribution in [2.75, 3.05) is 44.2 Å². The Morgan fingerprint density at radius 3 is 2.43 bits per heavy atom. The second-order valence-corrected chi connectivity index (χ2v) is 10.0. The summed E-state index contributed by atoms with van der Waals surface area (Å²) in [6, 6.07) is 6.71. The van der Waals surface area contributed by atoms with E-state index in [0.29, 0.717) is 13.2 Å². The van der Waals surface area contributed by atoms with E-state index in [1.807, 2.05) is 12.1 Å². The number of aliphatic hydroxyl groups excluding tert-OH is 1. The number of rotatable bonds is 6. The molecule has 4 nitrogen and oxygen atoms in total. The van der Waals surface area contributed by atoms with E-state index >= 15 is 0 Å². The van der Waals surface area contributed by atoms with Gasteiger partial charge in [-0.05, 0) is 60.3 Å². The first-order chi connectivity index (χ1) is 13.3. The molecule has 156 valence electrons. The summed E-state index contributed by atoms with van der Waals surface area (Å²) in [4.78, 5) is 4.58. The number of hydrogen-bond acceptors (Lipinski definition) is 4. The van der Waals surface area contributed by atoms with Gasteiger partial charge in [0.25, 0.3) is 0 Å². The third-order valence-electron chi connectivity index (χ3n) is 7.63. The highest BCUT2D eigenvalue weighted by Gasteiger charge is 2.60. The third kappa shape index (κ3) is 3.81. The van der Waals surface area contributed by atoms with E-state index in [1.165, 1.54) is 31.4 Å². The molecule has 2 aliphatic carbocycles. The summed E-state index contributed by atoms with van der Waals surface area (Å²) in [5.74, 6) is 0.567. The fourth-order valence-electron chi connectivity index (χ4n) is 6.07. The van der Waals surface area contributed by atoms with Gasteiger partial charge in [0.2, 0.25) is 0 Å². The average molecular weight is 391 g/mol. The molecule has 1 saturated heterocycles. The Morgan fingerprint density at radius 2 is 1.82 bits per heavy atom. The summed E-state index contributed by atoms with van der Waals surface area (Å²) in [6.45, 7) is 11.7. The molecule has 2 bridgehead atoms. The monoisotopic (exact) mass is 390 g/mol. The molecular formula is C23H35FN2O2. The standard InChI is InChI=1S/C23H35FN2O2/c1-22(2)17-8-9-23(3,14-17)21(22)28-16-20(27)15-25-10-12-26(13-11-25)19-6-4-18(24)5-7-19/h4-7,17,20-21,27H,8-16H2,1-3H3/t17-,20+,21+,23+/m0/s1. The van der Waals surface area contributed by atoms with Crippen LogP contribution in [0.25, 0.3) is 0 Å². The van der Waals surface area contributed by atoms with Crippen LogP contribution in [0.3, 0.4) is 0 Å². The summed E-state index contributed by atoms with van der Waals surface area (Å²) in [6.07, 6.45) is 3.66. The highest BCUT2D eigenvalue weighted by molar-refractivity contribution is 5.46. The SMILES string of the molecule is CC1(C)[C@H]2CC[C@](C)(C2)[C@@H]1OC[C@H](O)CN1CCN(c2ccc(F)cc2)CC1. The van der Waals surface area contributed by atoms with E-state index in [1.54, 1.807) is 0 Å². The van der Waals surface area contributed by atoms with Crippen molar-refractivity contribution in [3.05, 3.63) is 30.1 Å². The van der Waals surface area contributed by atoms with Gasteiger partial charge in [-0.15, -0.1) is 0 Å². The van der Waals surface area contributed by atoms with Crippen molar-refractivity contribution in [1.82, 2.24) is 4.90 Å². The molecule has 0 spiro atoms. The maximum absolute atomic E-state index is 13.1. The predicted molar refractivity (Wildman–Crippen MR) is 110 cm³/mol. The lowest BCUT2D eigenvalue weighted by molar-refractivity contribution is -0.113. The molecule has 28 heavy (non-hydrogen) atoms. The molecule has 1 N–H and O–H groups in total. The van der Waals surface area contributed by atoms with Crippen LogP contribution in [0.5, 0.6) is 0 Å². The van der Waals surface area contributed by atoms with Crippen molar-refractivity contribution < 1.29 is 14.2 Å². The van der Waals surface area contributed by atoms with E-state index in [0.717, 1.165) is 37.8 Å². The van der Waals surface area contributed by atoms with Crippen molar-refractivity contribution in [2.45, 2.75) is 52.2 Å². The molecule has 1 aromatic carbocycles. The van der Waals surface area contributed by atoms with Crippen LogP contribution in [0, 0.1) is 22.6 Å². The highest BCUT2D eigenvalue weighted by Crippen LogP contribution is 2.63. The Kier molecular flexibility index (Phi) is 5.45. The molecule has 1 aliphatic heterocycles. The lowest BCUT2D eigenvalue weighted by Crippen LogP contribution is -2.50. The molecule has 5 heteroatoms.